The fourth-order valence-electron chi connectivity index (χ4n) is 4.50. The number of hydrogen-bond donors (Lipinski definition) is 0. The predicted molar refractivity (Wildman–Crippen MR) is 96.9 cm³/mol. The topological polar surface area (TPSA) is 26.3 Å². The molecule has 0 aliphatic heterocycles. The second-order valence-corrected chi connectivity index (χ2v) is 45.4. The number of carbonyl (C=O) groups is 1. The van der Waals surface area contributed by atoms with E-state index in [-0.39, 0.29) is 11.0 Å². The minimum absolute atomic E-state index is 0.0360. The maximum atomic E-state index is 13.0. The van der Waals surface area contributed by atoms with Gasteiger partial charge in [0.05, 0.1) is 0 Å². The number of rotatable bonds is 5. The molecule has 0 aromatic heterocycles. The Balaban J connectivity index is 3.40. The molecule has 0 aromatic carbocycles. The van der Waals surface area contributed by atoms with Crippen molar-refractivity contribution in [2.75, 3.05) is 6.61 Å². The van der Waals surface area contributed by atoms with E-state index in [1.807, 2.05) is 6.92 Å². The molecule has 2 unspecified atom stereocenters. The summed E-state index contributed by atoms with van der Waals surface area (Å²) in [6.07, 6.45) is 0. The van der Waals surface area contributed by atoms with Gasteiger partial charge in [-0.1, -0.05) is 0 Å². The van der Waals surface area contributed by atoms with Crippen molar-refractivity contribution in [1.82, 2.24) is 0 Å². The summed E-state index contributed by atoms with van der Waals surface area (Å²) in [6.45, 7) is 9.66. The Morgan fingerprint density at radius 1 is 1.00 bits per heavy atom. The van der Waals surface area contributed by atoms with E-state index < -0.39 is 44.8 Å². The summed E-state index contributed by atoms with van der Waals surface area (Å²) >= 11 is -4.27. The van der Waals surface area contributed by atoms with Crippen LogP contribution in [0, 0.1) is 0 Å². The zero-order chi connectivity index (χ0) is 16.1. The molecule has 20 heavy (non-hydrogen) atoms. The molecule has 118 valence electrons. The summed E-state index contributed by atoms with van der Waals surface area (Å²) in [6, 6.07) is 0. The van der Waals surface area contributed by atoms with E-state index in [0.717, 1.165) is 7.87 Å². The van der Waals surface area contributed by atoms with Crippen LogP contribution in [0.15, 0.2) is 0 Å². The molecule has 3 atom stereocenters. The van der Waals surface area contributed by atoms with E-state index in [2.05, 4.69) is 49.3 Å². The third-order valence-electron chi connectivity index (χ3n) is 4.93. The average Bonchev–Trinajstić information content (AvgIpc) is 2.86. The molecule has 1 aliphatic rings. The van der Waals surface area contributed by atoms with E-state index in [4.69, 9.17) is 4.74 Å². The standard InChI is InChI=1S/C9H16O2Si.6CH3.2Sn/c1-5-11-8(10)9(6-7-9)12(2,3)4;;;;;;;;/h6-7H,5H2,1-4H3;6*1H3;;. The van der Waals surface area contributed by atoms with Crippen molar-refractivity contribution in [3.8, 4) is 0 Å². The summed E-state index contributed by atoms with van der Waals surface area (Å²) in [5.74, 6) is 0.174. The zero-order valence-corrected chi connectivity index (χ0v) is 21.9. The van der Waals surface area contributed by atoms with Gasteiger partial charge in [0.2, 0.25) is 0 Å². The maximum absolute atomic E-state index is 13.0. The van der Waals surface area contributed by atoms with Gasteiger partial charge in [-0.3, -0.25) is 0 Å². The molecule has 0 aromatic rings. The number of hydrogen-bond acceptors (Lipinski definition) is 2. The normalized spacial score (nSPS) is 31.1. The van der Waals surface area contributed by atoms with Crippen LogP contribution in [0.1, 0.15) is 6.92 Å². The van der Waals surface area contributed by atoms with Crippen molar-refractivity contribution in [2.24, 2.45) is 0 Å². The summed E-state index contributed by atoms with van der Waals surface area (Å²) in [5.41, 5.74) is 0. The van der Waals surface area contributed by atoms with Gasteiger partial charge >= 0.3 is 136 Å². The Kier molecular flexibility index (Phi) is 5.54. The van der Waals surface area contributed by atoms with Crippen molar-refractivity contribution in [2.45, 2.75) is 69.1 Å². The average molecular weight is 512 g/mol. The molecule has 5 heteroatoms. The minimum atomic E-state index is -2.14. The van der Waals surface area contributed by atoms with E-state index in [0.29, 0.717) is 6.61 Å². The molecule has 0 N–H and O–H groups in total. The molecule has 0 bridgehead atoms. The van der Waals surface area contributed by atoms with Crippen LogP contribution in [-0.2, 0) is 9.53 Å². The molecule has 1 rings (SSSR count). The van der Waals surface area contributed by atoms with Crippen LogP contribution in [0.3, 0.4) is 0 Å². The van der Waals surface area contributed by atoms with Crippen LogP contribution in [-0.4, -0.2) is 57.4 Å². The van der Waals surface area contributed by atoms with Crippen molar-refractivity contribution in [1.29, 1.82) is 0 Å². The first-order chi connectivity index (χ1) is 8.72. The first-order valence-corrected chi connectivity index (χ1v) is 31.8. The molecule has 0 amide bonds. The molecule has 0 radical (unpaired) electrons. The summed E-state index contributed by atoms with van der Waals surface area (Å²) in [7, 11) is -1.59. The third-order valence-corrected chi connectivity index (χ3v) is 27.8. The number of carbonyl (C=O) groups excluding carboxylic acids is 1. The number of esters is 1. The summed E-state index contributed by atoms with van der Waals surface area (Å²) < 4.78 is 7.08. The molecule has 1 aliphatic carbocycles. The van der Waals surface area contributed by atoms with Gasteiger partial charge in [-0.2, -0.15) is 0 Å². The van der Waals surface area contributed by atoms with Gasteiger partial charge in [0.15, 0.2) is 0 Å². The quantitative estimate of drug-likeness (QED) is 0.381. The fourth-order valence-corrected chi connectivity index (χ4v) is 58.1. The summed E-state index contributed by atoms with van der Waals surface area (Å²) in [5, 5.41) is -0.0360. The second-order valence-electron chi connectivity index (χ2n) is 9.53. The van der Waals surface area contributed by atoms with E-state index >= 15 is 0 Å². The molecule has 0 saturated heterocycles. The fraction of sp³-hybridized carbons (Fsp3) is 0.933. The van der Waals surface area contributed by atoms with Gasteiger partial charge in [0, 0.05) is 0 Å². The van der Waals surface area contributed by atoms with E-state index in [1.54, 1.807) is 0 Å². The van der Waals surface area contributed by atoms with E-state index in [1.165, 1.54) is 0 Å². The second kappa shape index (κ2) is 5.73. The first-order valence-electron chi connectivity index (χ1n) is 7.89. The Hall–Kier alpha value is 1.28. The van der Waals surface area contributed by atoms with Gasteiger partial charge in [0.25, 0.3) is 0 Å². The SMILES string of the molecule is CCOC(=O)C1([Si](C)(C)C)[CH]([Sn]([CH3])([CH3])[CH3])[C@H]1[Sn]([CH3])([CH3])[CH3]. The number of ether oxygens (including phenoxy) is 1. The van der Waals surface area contributed by atoms with Crippen LogP contribution in [0.4, 0.5) is 0 Å². The molecular formula is C15H34O2SiSn2. The zero-order valence-electron chi connectivity index (χ0n) is 15.2. The van der Waals surface area contributed by atoms with Crippen molar-refractivity contribution < 1.29 is 9.53 Å². The van der Waals surface area contributed by atoms with Crippen LogP contribution in [0.5, 0.6) is 0 Å². The van der Waals surface area contributed by atoms with Gasteiger partial charge in [-0.15, -0.1) is 0 Å². The van der Waals surface area contributed by atoms with Crippen LogP contribution in [0.2, 0.25) is 62.2 Å². The molecule has 1 fully saturated rings. The third kappa shape index (κ3) is 3.14. The van der Waals surface area contributed by atoms with Crippen molar-refractivity contribution in [3.63, 3.8) is 0 Å². The Labute approximate surface area is 135 Å². The van der Waals surface area contributed by atoms with E-state index in [9.17, 15) is 4.79 Å². The molecule has 0 spiro atoms. The Bertz CT molecular complexity index is 368. The Morgan fingerprint density at radius 2 is 1.35 bits per heavy atom. The molecular weight excluding hydrogens is 478 g/mol. The monoisotopic (exact) mass is 514 g/mol. The van der Waals surface area contributed by atoms with Crippen LogP contribution >= 0.6 is 0 Å². The predicted octanol–water partition coefficient (Wildman–Crippen LogP) is 5.06. The molecule has 0 heterocycles. The van der Waals surface area contributed by atoms with Gasteiger partial charge in [-0.25, -0.2) is 0 Å². The van der Waals surface area contributed by atoms with Crippen molar-refractivity contribution in [3.05, 3.63) is 0 Å². The Morgan fingerprint density at radius 3 is 1.55 bits per heavy atom. The van der Waals surface area contributed by atoms with Gasteiger partial charge in [0.1, 0.15) is 0 Å². The first kappa shape index (κ1) is 19.3. The van der Waals surface area contributed by atoms with Gasteiger partial charge in [-0.05, 0) is 0 Å². The summed E-state index contributed by atoms with van der Waals surface area (Å²) in [4.78, 5) is 28.1. The van der Waals surface area contributed by atoms with Crippen molar-refractivity contribution >= 4 is 50.8 Å². The van der Waals surface area contributed by atoms with Crippen LogP contribution in [0.25, 0.3) is 0 Å². The molecule has 1 saturated carbocycles. The van der Waals surface area contributed by atoms with Gasteiger partial charge < -0.3 is 0 Å². The van der Waals surface area contributed by atoms with Crippen LogP contribution < -0.4 is 0 Å². The molecule has 2 nitrogen and oxygen atoms in total.